The second kappa shape index (κ2) is 6.46. The number of rotatable bonds is 6. The van der Waals surface area contributed by atoms with Gasteiger partial charge in [0.2, 0.25) is 0 Å². The maximum absolute atomic E-state index is 3.46. The number of nitrogens with one attached hydrogen (secondary N) is 1. The fraction of sp³-hybridized carbons (Fsp3) is 0.600. The molecule has 3 heteroatoms. The molecule has 1 rings (SSSR count). The molecule has 13 heavy (non-hydrogen) atoms. The SMILES string of the molecule is CSC(C)CNCCc1ccsc1. The van der Waals surface area contributed by atoms with Gasteiger partial charge in [-0.1, -0.05) is 6.92 Å². The second-order valence-electron chi connectivity index (χ2n) is 3.13. The van der Waals surface area contributed by atoms with Crippen LogP contribution in [-0.2, 0) is 6.42 Å². The third-order valence-electron chi connectivity index (χ3n) is 2.00. The minimum atomic E-state index is 0.725. The van der Waals surface area contributed by atoms with Crippen molar-refractivity contribution in [2.24, 2.45) is 0 Å². The van der Waals surface area contributed by atoms with Crippen molar-refractivity contribution < 1.29 is 0 Å². The third-order valence-corrected chi connectivity index (χ3v) is 3.71. The van der Waals surface area contributed by atoms with Crippen molar-refractivity contribution in [2.45, 2.75) is 18.6 Å². The summed E-state index contributed by atoms with van der Waals surface area (Å²) in [4.78, 5) is 0. The summed E-state index contributed by atoms with van der Waals surface area (Å²) in [7, 11) is 0. The van der Waals surface area contributed by atoms with Crippen LogP contribution in [0.5, 0.6) is 0 Å². The maximum atomic E-state index is 3.46. The van der Waals surface area contributed by atoms with Gasteiger partial charge in [0.05, 0.1) is 0 Å². The van der Waals surface area contributed by atoms with E-state index in [1.807, 2.05) is 11.8 Å². The predicted molar refractivity (Wildman–Crippen MR) is 63.9 cm³/mol. The molecular weight excluding hydrogens is 198 g/mol. The van der Waals surface area contributed by atoms with Gasteiger partial charge in [-0.05, 0) is 41.6 Å². The van der Waals surface area contributed by atoms with Crippen molar-refractivity contribution in [3.63, 3.8) is 0 Å². The van der Waals surface area contributed by atoms with Gasteiger partial charge in [-0.25, -0.2) is 0 Å². The highest BCUT2D eigenvalue weighted by Gasteiger charge is 1.97. The first kappa shape index (κ1) is 11.1. The summed E-state index contributed by atoms with van der Waals surface area (Å²) in [5, 5.41) is 8.54. The zero-order valence-corrected chi connectivity index (χ0v) is 9.88. The first-order valence-electron chi connectivity index (χ1n) is 4.57. The quantitative estimate of drug-likeness (QED) is 0.732. The van der Waals surface area contributed by atoms with Gasteiger partial charge < -0.3 is 5.32 Å². The monoisotopic (exact) mass is 215 g/mol. The van der Waals surface area contributed by atoms with E-state index in [0.717, 1.165) is 24.8 Å². The van der Waals surface area contributed by atoms with Crippen LogP contribution in [0.25, 0.3) is 0 Å². The summed E-state index contributed by atoms with van der Waals surface area (Å²) in [6, 6.07) is 2.20. The Bertz CT molecular complexity index is 209. The molecule has 1 aromatic heterocycles. The minimum Gasteiger partial charge on any atom is -0.315 e. The van der Waals surface area contributed by atoms with Crippen molar-refractivity contribution in [2.75, 3.05) is 19.3 Å². The van der Waals surface area contributed by atoms with E-state index >= 15 is 0 Å². The lowest BCUT2D eigenvalue weighted by Gasteiger charge is -2.08. The summed E-state index contributed by atoms with van der Waals surface area (Å²) in [6.45, 7) is 4.47. The zero-order chi connectivity index (χ0) is 9.52. The summed E-state index contributed by atoms with van der Waals surface area (Å²) in [5.74, 6) is 0. The van der Waals surface area contributed by atoms with E-state index in [9.17, 15) is 0 Å². The smallest absolute Gasteiger partial charge is 0.0141 e. The Hall–Kier alpha value is 0.01000. The molecule has 74 valence electrons. The lowest BCUT2D eigenvalue weighted by atomic mass is 10.2. The molecule has 0 aliphatic rings. The van der Waals surface area contributed by atoms with Crippen molar-refractivity contribution in [3.8, 4) is 0 Å². The molecule has 0 bridgehead atoms. The van der Waals surface area contributed by atoms with Gasteiger partial charge in [-0.2, -0.15) is 23.1 Å². The molecule has 0 amide bonds. The van der Waals surface area contributed by atoms with Gasteiger partial charge in [0.15, 0.2) is 0 Å². The van der Waals surface area contributed by atoms with Crippen LogP contribution in [0.3, 0.4) is 0 Å². The van der Waals surface area contributed by atoms with E-state index in [0.29, 0.717) is 0 Å². The molecule has 0 spiro atoms. The van der Waals surface area contributed by atoms with Gasteiger partial charge in [-0.3, -0.25) is 0 Å². The summed E-state index contributed by atoms with van der Waals surface area (Å²) < 4.78 is 0. The normalized spacial score (nSPS) is 13.1. The van der Waals surface area contributed by atoms with Gasteiger partial charge in [0.1, 0.15) is 0 Å². The van der Waals surface area contributed by atoms with Crippen molar-refractivity contribution in [1.82, 2.24) is 5.32 Å². The van der Waals surface area contributed by atoms with Gasteiger partial charge >= 0.3 is 0 Å². The van der Waals surface area contributed by atoms with Crippen molar-refractivity contribution in [1.29, 1.82) is 0 Å². The molecule has 0 saturated carbocycles. The Morgan fingerprint density at radius 2 is 2.46 bits per heavy atom. The second-order valence-corrected chi connectivity index (χ2v) is 5.19. The third kappa shape index (κ3) is 4.69. The van der Waals surface area contributed by atoms with Gasteiger partial charge in [0.25, 0.3) is 0 Å². The van der Waals surface area contributed by atoms with Crippen LogP contribution >= 0.6 is 23.1 Å². The molecule has 0 aliphatic carbocycles. The molecule has 1 nitrogen and oxygen atoms in total. The highest BCUT2D eigenvalue weighted by atomic mass is 32.2. The summed E-state index contributed by atoms with van der Waals surface area (Å²) in [6.07, 6.45) is 3.32. The highest BCUT2D eigenvalue weighted by molar-refractivity contribution is 7.99. The topological polar surface area (TPSA) is 12.0 Å². The Morgan fingerprint density at radius 3 is 3.08 bits per heavy atom. The fourth-order valence-corrected chi connectivity index (χ4v) is 2.04. The molecule has 0 saturated heterocycles. The van der Waals surface area contributed by atoms with Crippen LogP contribution in [0.4, 0.5) is 0 Å². The van der Waals surface area contributed by atoms with E-state index in [-0.39, 0.29) is 0 Å². The van der Waals surface area contributed by atoms with Crippen molar-refractivity contribution >= 4 is 23.1 Å². The predicted octanol–water partition coefficient (Wildman–Crippen LogP) is 2.63. The van der Waals surface area contributed by atoms with Crippen LogP contribution in [-0.4, -0.2) is 24.6 Å². The maximum Gasteiger partial charge on any atom is 0.0141 e. The molecule has 1 atom stereocenters. The fourth-order valence-electron chi connectivity index (χ4n) is 1.06. The van der Waals surface area contributed by atoms with E-state index in [1.54, 1.807) is 11.3 Å². The van der Waals surface area contributed by atoms with Crippen molar-refractivity contribution in [3.05, 3.63) is 22.4 Å². The number of thiophene rings is 1. The first-order chi connectivity index (χ1) is 6.33. The summed E-state index contributed by atoms with van der Waals surface area (Å²) >= 11 is 3.69. The number of thioether (sulfide) groups is 1. The van der Waals surface area contributed by atoms with E-state index < -0.39 is 0 Å². The van der Waals surface area contributed by atoms with Gasteiger partial charge in [-0.15, -0.1) is 0 Å². The Morgan fingerprint density at radius 1 is 1.62 bits per heavy atom. The van der Waals surface area contributed by atoms with Crippen LogP contribution in [0, 0.1) is 0 Å². The number of hydrogen-bond acceptors (Lipinski definition) is 3. The zero-order valence-electron chi connectivity index (χ0n) is 8.25. The molecule has 1 N–H and O–H groups in total. The van der Waals surface area contributed by atoms with E-state index in [1.165, 1.54) is 5.56 Å². The van der Waals surface area contributed by atoms with Crippen LogP contribution < -0.4 is 5.32 Å². The molecule has 1 unspecified atom stereocenters. The average molecular weight is 215 g/mol. The molecule has 0 aliphatic heterocycles. The van der Waals surface area contributed by atoms with E-state index in [4.69, 9.17) is 0 Å². The molecule has 1 aromatic rings. The largest absolute Gasteiger partial charge is 0.315 e. The van der Waals surface area contributed by atoms with Crippen LogP contribution in [0.1, 0.15) is 12.5 Å². The Labute approximate surface area is 88.9 Å². The molecule has 0 fully saturated rings. The Balaban J connectivity index is 2.02. The lowest BCUT2D eigenvalue weighted by molar-refractivity contribution is 0.680. The molecule has 1 heterocycles. The molecular formula is C10H17NS2. The summed E-state index contributed by atoms with van der Waals surface area (Å²) in [5.41, 5.74) is 1.45. The lowest BCUT2D eigenvalue weighted by Crippen LogP contribution is -2.24. The average Bonchev–Trinajstić information content (AvgIpc) is 2.64. The molecule has 0 radical (unpaired) electrons. The Kier molecular flexibility index (Phi) is 5.51. The standard InChI is InChI=1S/C10H17NS2/c1-9(12-2)7-11-5-3-10-4-6-13-8-10/h4,6,8-9,11H,3,5,7H2,1-2H3. The first-order valence-corrected chi connectivity index (χ1v) is 6.80. The highest BCUT2D eigenvalue weighted by Crippen LogP contribution is 2.06. The van der Waals surface area contributed by atoms with Gasteiger partial charge in [0, 0.05) is 11.8 Å². The minimum absolute atomic E-state index is 0.725. The molecule has 0 aromatic carbocycles. The number of hydrogen-bond donors (Lipinski definition) is 1. The van der Waals surface area contributed by atoms with E-state index in [2.05, 4.69) is 35.3 Å². The van der Waals surface area contributed by atoms with Crippen LogP contribution in [0.2, 0.25) is 0 Å². The van der Waals surface area contributed by atoms with Crippen LogP contribution in [0.15, 0.2) is 16.8 Å².